The van der Waals surface area contributed by atoms with Crippen molar-refractivity contribution in [3.8, 4) is 0 Å². The van der Waals surface area contributed by atoms with E-state index in [1.807, 2.05) is 66.7 Å². The fourth-order valence-electron chi connectivity index (χ4n) is 2.95. The van der Waals surface area contributed by atoms with E-state index in [1.54, 1.807) is 6.20 Å². The second kappa shape index (κ2) is 30.8. The zero-order chi connectivity index (χ0) is 25.1. The number of hydrogen-bond acceptors (Lipinski definition) is 2. The molecule has 1 N–H and O–H groups in total. The number of nitrogens with zero attached hydrogens (tertiary/aromatic N) is 1. The zero-order valence-electron chi connectivity index (χ0n) is 23.3. The average molecular weight is 435 g/mol. The van der Waals surface area contributed by atoms with Crippen molar-refractivity contribution in [2.75, 3.05) is 7.05 Å². The third kappa shape index (κ3) is 23.1. The summed E-state index contributed by atoms with van der Waals surface area (Å²) in [5, 5.41) is 3.30. The molecule has 1 aliphatic carbocycles. The minimum Gasteiger partial charge on any atom is -0.317 e. The monoisotopic (exact) mass is 434 g/mol. The van der Waals surface area contributed by atoms with E-state index >= 15 is 0 Å². The van der Waals surface area contributed by atoms with Gasteiger partial charge in [-0.25, -0.2) is 0 Å². The summed E-state index contributed by atoms with van der Waals surface area (Å²) in [4.78, 5) is 4.30. The van der Waals surface area contributed by atoms with E-state index in [0.29, 0.717) is 0 Å². The van der Waals surface area contributed by atoms with E-state index in [4.69, 9.17) is 0 Å². The summed E-state index contributed by atoms with van der Waals surface area (Å²) >= 11 is 0. The molecule has 0 atom stereocenters. The highest BCUT2D eigenvalue weighted by Gasteiger charge is 2.22. The van der Waals surface area contributed by atoms with Gasteiger partial charge in [0, 0.05) is 12.2 Å². The lowest BCUT2D eigenvalue weighted by atomic mass is 9.99. The fraction of sp³-hybridized carbons (Fsp3) is 0.690. The molecule has 0 bridgehead atoms. The highest BCUT2D eigenvalue weighted by Crippen LogP contribution is 2.36. The van der Waals surface area contributed by atoms with Crippen LogP contribution in [0.15, 0.2) is 53.7 Å². The molecule has 1 saturated carbocycles. The van der Waals surface area contributed by atoms with Gasteiger partial charge in [0.15, 0.2) is 0 Å². The lowest BCUT2D eigenvalue weighted by Crippen LogP contribution is -2.24. The number of hydrogen-bond donors (Lipinski definition) is 1. The molecule has 2 nitrogen and oxygen atoms in total. The SMILES string of the molecule is C=CN=C(/C=C\C)/C(C=C)=C(/C)CC1CC1.CC.CC.CC.CCCC(CCC)NC. The summed E-state index contributed by atoms with van der Waals surface area (Å²) in [5.74, 6) is 0.894. The minimum atomic E-state index is 0.764. The molecule has 0 radical (unpaired) electrons. The van der Waals surface area contributed by atoms with Gasteiger partial charge in [0.1, 0.15) is 0 Å². The van der Waals surface area contributed by atoms with Crippen LogP contribution in [0.3, 0.4) is 0 Å². The van der Waals surface area contributed by atoms with Gasteiger partial charge in [-0.3, -0.25) is 4.99 Å². The van der Waals surface area contributed by atoms with E-state index in [2.05, 4.69) is 51.3 Å². The maximum Gasteiger partial charge on any atom is 0.0697 e. The van der Waals surface area contributed by atoms with Crippen LogP contribution in [0.4, 0.5) is 0 Å². The molecule has 1 rings (SSSR count). The Morgan fingerprint density at radius 3 is 1.77 bits per heavy atom. The molecule has 0 aliphatic heterocycles. The van der Waals surface area contributed by atoms with Crippen LogP contribution in [-0.2, 0) is 0 Å². The van der Waals surface area contributed by atoms with Crippen LogP contribution >= 0.6 is 0 Å². The highest BCUT2D eigenvalue weighted by molar-refractivity contribution is 6.11. The van der Waals surface area contributed by atoms with Crippen LogP contribution in [0.5, 0.6) is 0 Å². The van der Waals surface area contributed by atoms with Gasteiger partial charge in [-0.15, -0.1) is 0 Å². The third-order valence-electron chi connectivity index (χ3n) is 4.47. The Balaban J connectivity index is -0.000000207. The first-order valence-corrected chi connectivity index (χ1v) is 12.9. The van der Waals surface area contributed by atoms with Gasteiger partial charge in [0.2, 0.25) is 0 Å². The van der Waals surface area contributed by atoms with Crippen LogP contribution < -0.4 is 5.32 Å². The molecule has 31 heavy (non-hydrogen) atoms. The Hall–Kier alpha value is -1.41. The van der Waals surface area contributed by atoms with Crippen molar-refractivity contribution in [1.29, 1.82) is 0 Å². The maximum atomic E-state index is 4.30. The van der Waals surface area contributed by atoms with Gasteiger partial charge in [-0.2, -0.15) is 0 Å². The second-order valence-electron chi connectivity index (χ2n) is 6.81. The van der Waals surface area contributed by atoms with Gasteiger partial charge in [-0.05, 0) is 70.6 Å². The number of rotatable bonds is 11. The van der Waals surface area contributed by atoms with Gasteiger partial charge in [0.25, 0.3) is 0 Å². The molecule has 0 spiro atoms. The van der Waals surface area contributed by atoms with Gasteiger partial charge in [-0.1, -0.05) is 99.1 Å². The summed E-state index contributed by atoms with van der Waals surface area (Å²) in [7, 11) is 2.05. The lowest BCUT2D eigenvalue weighted by molar-refractivity contribution is 0.479. The van der Waals surface area contributed by atoms with Crippen LogP contribution in [0.2, 0.25) is 0 Å². The van der Waals surface area contributed by atoms with E-state index in [1.165, 1.54) is 50.5 Å². The summed E-state index contributed by atoms with van der Waals surface area (Å²) in [5.41, 5.74) is 3.51. The van der Waals surface area contributed by atoms with Crippen molar-refractivity contribution in [3.05, 3.63) is 48.7 Å². The first-order valence-electron chi connectivity index (χ1n) is 12.9. The number of allylic oxidation sites excluding steroid dienone is 5. The molecule has 1 aliphatic rings. The van der Waals surface area contributed by atoms with E-state index in [9.17, 15) is 0 Å². The molecular formula is C29H58N2. The maximum absolute atomic E-state index is 4.30. The number of nitrogens with one attached hydrogen (secondary N) is 1. The molecule has 0 unspecified atom stereocenters. The van der Waals surface area contributed by atoms with Crippen molar-refractivity contribution < 1.29 is 0 Å². The predicted molar refractivity (Wildman–Crippen MR) is 149 cm³/mol. The molecule has 0 aromatic carbocycles. The van der Waals surface area contributed by atoms with Gasteiger partial charge < -0.3 is 5.32 Å². The van der Waals surface area contributed by atoms with Gasteiger partial charge >= 0.3 is 0 Å². The smallest absolute Gasteiger partial charge is 0.0697 e. The van der Waals surface area contributed by atoms with Crippen LogP contribution in [0.25, 0.3) is 0 Å². The van der Waals surface area contributed by atoms with Crippen molar-refractivity contribution in [2.24, 2.45) is 10.9 Å². The van der Waals surface area contributed by atoms with Crippen molar-refractivity contribution in [2.45, 2.75) is 120 Å². The van der Waals surface area contributed by atoms with Gasteiger partial charge in [0.05, 0.1) is 5.71 Å². The predicted octanol–water partition coefficient (Wildman–Crippen LogP) is 9.70. The van der Waals surface area contributed by atoms with E-state index in [-0.39, 0.29) is 0 Å². The first-order chi connectivity index (χ1) is 15.1. The summed E-state index contributed by atoms with van der Waals surface area (Å²) in [6.07, 6.45) is 16.7. The summed E-state index contributed by atoms with van der Waals surface area (Å²) < 4.78 is 0. The van der Waals surface area contributed by atoms with E-state index < -0.39 is 0 Å². The highest BCUT2D eigenvalue weighted by atomic mass is 14.9. The molecule has 0 saturated heterocycles. The Bertz CT molecular complexity index is 459. The summed E-state index contributed by atoms with van der Waals surface area (Å²) in [6.45, 7) is 28.2. The third-order valence-corrected chi connectivity index (χ3v) is 4.47. The largest absolute Gasteiger partial charge is 0.317 e. The Morgan fingerprint density at radius 2 is 1.48 bits per heavy atom. The molecule has 184 valence electrons. The van der Waals surface area contributed by atoms with E-state index in [0.717, 1.165) is 23.2 Å². The molecule has 0 heterocycles. The normalized spacial score (nSPS) is 13.2. The fourth-order valence-corrected chi connectivity index (χ4v) is 2.95. The molecule has 0 aromatic rings. The van der Waals surface area contributed by atoms with Crippen LogP contribution in [0.1, 0.15) is 114 Å². The quantitative estimate of drug-likeness (QED) is 0.254. The molecule has 1 fully saturated rings. The van der Waals surface area contributed by atoms with Crippen LogP contribution in [-0.4, -0.2) is 18.8 Å². The molecular weight excluding hydrogens is 376 g/mol. The first kappa shape index (κ1) is 36.9. The summed E-state index contributed by atoms with van der Waals surface area (Å²) in [6, 6.07) is 0.764. The topological polar surface area (TPSA) is 24.4 Å². The zero-order valence-corrected chi connectivity index (χ0v) is 23.3. The average Bonchev–Trinajstić information content (AvgIpc) is 3.63. The van der Waals surface area contributed by atoms with Crippen LogP contribution in [0, 0.1) is 5.92 Å². The van der Waals surface area contributed by atoms with Crippen molar-refractivity contribution in [1.82, 2.24) is 5.32 Å². The van der Waals surface area contributed by atoms with Crippen molar-refractivity contribution in [3.63, 3.8) is 0 Å². The standard InChI is InChI=1S/C15H21N.C8H19N.3C2H6/c1-5-8-15(16-7-3)14(6-2)12(4)11-13-9-10-13;1-4-6-8(9-3)7-5-2;3*1-2/h5-8,13H,2-3,9-11H2,1,4H3;8-9H,4-7H2,1-3H3;3*1-2H3/b8-5-,14-12-,16-15?;;;;. The molecule has 0 amide bonds. The molecule has 0 aromatic heterocycles. The van der Waals surface area contributed by atoms with Crippen molar-refractivity contribution >= 4 is 5.71 Å². The Labute approximate surface area is 198 Å². The Kier molecular flexibility index (Phi) is 36.7. The number of aliphatic imine (C=N–C) groups is 1. The Morgan fingerprint density at radius 1 is 1.00 bits per heavy atom. The minimum absolute atomic E-state index is 0.764. The second-order valence-corrected chi connectivity index (χ2v) is 6.81. The lowest BCUT2D eigenvalue weighted by Gasteiger charge is -2.12. The molecule has 2 heteroatoms.